The molecule has 3 N–H and O–H groups in total. The van der Waals surface area contributed by atoms with Crippen LogP contribution in [0.4, 0.5) is 5.13 Å². The molecule has 2 aromatic rings. The van der Waals surface area contributed by atoms with E-state index in [-0.39, 0.29) is 17.7 Å². The minimum absolute atomic E-state index is 0.0207. The fraction of sp³-hybridized carbons (Fsp3) is 0.471. The van der Waals surface area contributed by atoms with Gasteiger partial charge in [0.05, 0.1) is 23.0 Å². The Morgan fingerprint density at radius 1 is 1.36 bits per heavy atom. The highest BCUT2D eigenvalue weighted by Crippen LogP contribution is 2.35. The van der Waals surface area contributed by atoms with Crippen LogP contribution < -0.4 is 16.0 Å². The first kappa shape index (κ1) is 18.0. The Balaban J connectivity index is 1.67. The number of thiazole rings is 1. The summed E-state index contributed by atoms with van der Waals surface area (Å²) in [5.74, 6) is 0.0272. The Bertz CT molecular complexity index is 763. The van der Waals surface area contributed by atoms with Crippen molar-refractivity contribution in [2.75, 3.05) is 18.4 Å². The molecule has 1 aliphatic rings. The highest BCUT2D eigenvalue weighted by atomic mass is 32.1. The minimum Gasteiger partial charge on any atom is -0.351 e. The quantitative estimate of drug-likeness (QED) is 0.747. The van der Waals surface area contributed by atoms with Gasteiger partial charge in [0.1, 0.15) is 0 Å². The lowest BCUT2D eigenvalue weighted by Gasteiger charge is -2.21. The lowest BCUT2D eigenvalue weighted by atomic mass is 9.99. The zero-order chi connectivity index (χ0) is 17.8. The molecule has 1 unspecified atom stereocenters. The van der Waals surface area contributed by atoms with Gasteiger partial charge in [-0.15, -0.1) is 22.7 Å². The maximum absolute atomic E-state index is 12.4. The number of nitrogens with one attached hydrogen (secondary N) is 3. The van der Waals surface area contributed by atoms with E-state index in [0.29, 0.717) is 11.7 Å². The second-order valence-electron chi connectivity index (χ2n) is 6.13. The van der Waals surface area contributed by atoms with Crippen LogP contribution in [-0.2, 0) is 16.1 Å². The summed E-state index contributed by atoms with van der Waals surface area (Å²) in [6.07, 6.45) is 1.96. The number of thiophene rings is 1. The monoisotopic (exact) mass is 378 g/mol. The second-order valence-corrected chi connectivity index (χ2v) is 8.50. The zero-order valence-electron chi connectivity index (χ0n) is 14.3. The van der Waals surface area contributed by atoms with E-state index in [1.54, 1.807) is 11.3 Å². The van der Waals surface area contributed by atoms with Crippen LogP contribution in [0.3, 0.4) is 0 Å². The summed E-state index contributed by atoms with van der Waals surface area (Å²) in [4.78, 5) is 31.2. The van der Waals surface area contributed by atoms with Crippen molar-refractivity contribution < 1.29 is 9.59 Å². The van der Waals surface area contributed by atoms with Crippen molar-refractivity contribution in [1.82, 2.24) is 15.6 Å². The molecule has 1 atom stereocenters. The van der Waals surface area contributed by atoms with Gasteiger partial charge in [0, 0.05) is 23.2 Å². The van der Waals surface area contributed by atoms with E-state index in [1.165, 1.54) is 18.3 Å². The molecule has 1 aliphatic heterocycles. The van der Waals surface area contributed by atoms with E-state index in [4.69, 9.17) is 0 Å². The molecule has 3 rings (SSSR count). The Hall–Kier alpha value is -1.77. The summed E-state index contributed by atoms with van der Waals surface area (Å²) < 4.78 is 0. The Kier molecular flexibility index (Phi) is 5.82. The fourth-order valence-electron chi connectivity index (χ4n) is 2.77. The zero-order valence-corrected chi connectivity index (χ0v) is 16.0. The van der Waals surface area contributed by atoms with E-state index in [1.807, 2.05) is 19.1 Å². The van der Waals surface area contributed by atoms with Gasteiger partial charge < -0.3 is 16.0 Å². The van der Waals surface area contributed by atoms with Crippen molar-refractivity contribution in [3.63, 3.8) is 0 Å². The summed E-state index contributed by atoms with van der Waals surface area (Å²) in [6.45, 7) is 5.78. The minimum atomic E-state index is -0.0398. The third kappa shape index (κ3) is 4.65. The maximum atomic E-state index is 12.4. The summed E-state index contributed by atoms with van der Waals surface area (Å²) in [6, 6.07) is 4.02. The van der Waals surface area contributed by atoms with Gasteiger partial charge in [-0.05, 0) is 38.4 Å². The second kappa shape index (κ2) is 8.07. The Morgan fingerprint density at radius 3 is 2.92 bits per heavy atom. The number of carbonyl (C=O) groups is 2. The molecular formula is C17H22N4O2S2. The molecule has 1 fully saturated rings. The molecule has 1 saturated heterocycles. The van der Waals surface area contributed by atoms with Gasteiger partial charge in [-0.25, -0.2) is 4.98 Å². The summed E-state index contributed by atoms with van der Waals surface area (Å²) in [5.41, 5.74) is 0.904. The standard InChI is InChI=1S/C17H22N4O2S2/c1-10-15(14-6-5-13(25-14)9-19-11(2)22)20-17(24-10)21-16(23)12-4-3-7-18-8-12/h5-6,12,18H,3-4,7-9H2,1-2H3,(H,19,22)(H,20,21,23). The molecule has 0 saturated carbocycles. The van der Waals surface area contributed by atoms with E-state index < -0.39 is 0 Å². The maximum Gasteiger partial charge on any atom is 0.230 e. The lowest BCUT2D eigenvalue weighted by molar-refractivity contribution is -0.120. The molecule has 0 aromatic carbocycles. The van der Waals surface area contributed by atoms with E-state index in [2.05, 4.69) is 20.9 Å². The van der Waals surface area contributed by atoms with Crippen LogP contribution in [0.2, 0.25) is 0 Å². The third-order valence-electron chi connectivity index (χ3n) is 4.10. The largest absolute Gasteiger partial charge is 0.351 e. The van der Waals surface area contributed by atoms with Crippen molar-refractivity contribution in [2.45, 2.75) is 33.2 Å². The van der Waals surface area contributed by atoms with E-state index >= 15 is 0 Å². The summed E-state index contributed by atoms with van der Waals surface area (Å²) >= 11 is 3.11. The van der Waals surface area contributed by atoms with Gasteiger partial charge >= 0.3 is 0 Å². The van der Waals surface area contributed by atoms with Gasteiger partial charge in [-0.1, -0.05) is 0 Å². The molecule has 25 heavy (non-hydrogen) atoms. The number of aryl methyl sites for hydroxylation is 1. The Morgan fingerprint density at radius 2 is 2.20 bits per heavy atom. The van der Waals surface area contributed by atoms with Gasteiger partial charge in [-0.2, -0.15) is 0 Å². The number of hydrogen-bond acceptors (Lipinski definition) is 6. The third-order valence-corrected chi connectivity index (χ3v) is 6.08. The van der Waals surface area contributed by atoms with Crippen LogP contribution in [0, 0.1) is 12.8 Å². The summed E-state index contributed by atoms with van der Waals surface area (Å²) in [7, 11) is 0. The van der Waals surface area contributed by atoms with Crippen molar-refractivity contribution in [1.29, 1.82) is 0 Å². The number of amides is 2. The lowest BCUT2D eigenvalue weighted by Crippen LogP contribution is -2.37. The molecule has 2 amide bonds. The number of piperidine rings is 1. The predicted molar refractivity (Wildman–Crippen MR) is 102 cm³/mol. The fourth-order valence-corrected chi connectivity index (χ4v) is 4.66. The van der Waals surface area contributed by atoms with Gasteiger partial charge in [-0.3, -0.25) is 9.59 Å². The average molecular weight is 379 g/mol. The summed E-state index contributed by atoms with van der Waals surface area (Å²) in [5, 5.41) is 9.68. The molecule has 134 valence electrons. The van der Waals surface area contributed by atoms with Crippen LogP contribution in [0.25, 0.3) is 10.6 Å². The molecule has 0 bridgehead atoms. The smallest absolute Gasteiger partial charge is 0.230 e. The van der Waals surface area contributed by atoms with E-state index in [0.717, 1.165) is 46.3 Å². The molecule has 0 radical (unpaired) electrons. The number of nitrogens with zero attached hydrogens (tertiary/aromatic N) is 1. The van der Waals surface area contributed by atoms with Crippen LogP contribution in [-0.4, -0.2) is 29.9 Å². The normalized spacial score (nSPS) is 17.3. The van der Waals surface area contributed by atoms with E-state index in [9.17, 15) is 9.59 Å². The number of hydrogen-bond donors (Lipinski definition) is 3. The first-order valence-corrected chi connectivity index (χ1v) is 9.99. The topological polar surface area (TPSA) is 83.1 Å². The molecule has 6 nitrogen and oxygen atoms in total. The van der Waals surface area contributed by atoms with Gasteiger partial charge in [0.15, 0.2) is 5.13 Å². The Labute approximate surface area is 155 Å². The number of anilines is 1. The van der Waals surface area contributed by atoms with Crippen molar-refractivity contribution in [3.05, 3.63) is 21.9 Å². The van der Waals surface area contributed by atoms with Crippen LogP contribution in [0.15, 0.2) is 12.1 Å². The number of rotatable bonds is 5. The van der Waals surface area contributed by atoms with Crippen LogP contribution >= 0.6 is 22.7 Å². The van der Waals surface area contributed by atoms with Gasteiger partial charge in [0.25, 0.3) is 0 Å². The van der Waals surface area contributed by atoms with Crippen molar-refractivity contribution in [3.8, 4) is 10.6 Å². The van der Waals surface area contributed by atoms with Crippen LogP contribution in [0.5, 0.6) is 0 Å². The molecule has 0 spiro atoms. The number of carbonyl (C=O) groups excluding carboxylic acids is 2. The molecular weight excluding hydrogens is 356 g/mol. The molecule has 0 aliphatic carbocycles. The van der Waals surface area contributed by atoms with Crippen molar-refractivity contribution >= 4 is 39.6 Å². The predicted octanol–water partition coefficient (Wildman–Crippen LogP) is 2.75. The highest BCUT2D eigenvalue weighted by molar-refractivity contribution is 7.18. The molecule has 3 heterocycles. The first-order valence-electron chi connectivity index (χ1n) is 8.35. The van der Waals surface area contributed by atoms with Crippen molar-refractivity contribution in [2.24, 2.45) is 5.92 Å². The molecule has 2 aromatic heterocycles. The SMILES string of the molecule is CC(=O)NCc1ccc(-c2nc(NC(=O)C3CCCNC3)sc2C)s1. The molecule has 8 heteroatoms. The van der Waals surface area contributed by atoms with Gasteiger partial charge in [0.2, 0.25) is 11.8 Å². The highest BCUT2D eigenvalue weighted by Gasteiger charge is 2.22. The average Bonchev–Trinajstić information content (AvgIpc) is 3.20. The number of aromatic nitrogens is 1. The first-order chi connectivity index (χ1) is 12.0. The van der Waals surface area contributed by atoms with Crippen LogP contribution in [0.1, 0.15) is 29.5 Å².